The first-order valence-electron chi connectivity index (χ1n) is 6.25. The summed E-state index contributed by atoms with van der Waals surface area (Å²) in [7, 11) is 0. The van der Waals surface area contributed by atoms with Crippen LogP contribution in [-0.4, -0.2) is 34.8 Å². The average Bonchev–Trinajstić information content (AvgIpc) is 2.37. The van der Waals surface area contributed by atoms with Gasteiger partial charge >= 0.3 is 6.18 Å². The molecule has 0 bridgehead atoms. The number of halogens is 3. The summed E-state index contributed by atoms with van der Waals surface area (Å²) in [6, 6.07) is 0.840. The third kappa shape index (κ3) is 5.02. The van der Waals surface area contributed by atoms with Crippen LogP contribution in [0.3, 0.4) is 0 Å². The van der Waals surface area contributed by atoms with Crippen molar-refractivity contribution in [1.29, 1.82) is 0 Å². The van der Waals surface area contributed by atoms with E-state index in [-0.39, 0.29) is 19.1 Å². The first-order valence-corrected chi connectivity index (χ1v) is 6.25. The lowest BCUT2D eigenvalue weighted by molar-refractivity contribution is -0.141. The summed E-state index contributed by atoms with van der Waals surface area (Å²) in [5.74, 6) is 0.0139. The quantitative estimate of drug-likeness (QED) is 0.778. The Hall–Kier alpha value is -1.37. The van der Waals surface area contributed by atoms with Crippen LogP contribution < -0.4 is 4.90 Å². The van der Waals surface area contributed by atoms with Gasteiger partial charge in [-0.15, -0.1) is 0 Å². The average molecular weight is 277 g/mol. The van der Waals surface area contributed by atoms with Gasteiger partial charge in [0.15, 0.2) is 0 Å². The van der Waals surface area contributed by atoms with E-state index in [1.54, 1.807) is 4.90 Å². The molecule has 1 N–H and O–H groups in total. The van der Waals surface area contributed by atoms with Gasteiger partial charge in [-0.1, -0.05) is 19.8 Å². The predicted octanol–water partition coefficient (Wildman–Crippen LogP) is 2.48. The number of hydrogen-bond donors (Lipinski definition) is 1. The molecule has 108 valence electrons. The summed E-state index contributed by atoms with van der Waals surface area (Å²) < 4.78 is 37.7. The number of anilines is 1. The molecule has 0 saturated heterocycles. The Morgan fingerprint density at radius 1 is 1.26 bits per heavy atom. The molecule has 0 aromatic carbocycles. The number of alkyl halides is 3. The number of aliphatic hydroxyl groups excluding tert-OH is 1. The van der Waals surface area contributed by atoms with Crippen molar-refractivity contribution in [3.8, 4) is 0 Å². The molecule has 0 amide bonds. The zero-order valence-corrected chi connectivity index (χ0v) is 10.8. The second-order valence-electron chi connectivity index (χ2n) is 4.16. The number of aromatic nitrogens is 2. The minimum atomic E-state index is -4.48. The molecule has 0 aliphatic carbocycles. The van der Waals surface area contributed by atoms with E-state index in [2.05, 4.69) is 9.97 Å². The second-order valence-corrected chi connectivity index (χ2v) is 4.16. The highest BCUT2D eigenvalue weighted by atomic mass is 19.4. The van der Waals surface area contributed by atoms with Crippen LogP contribution in [0, 0.1) is 0 Å². The van der Waals surface area contributed by atoms with Gasteiger partial charge in [-0.2, -0.15) is 13.2 Å². The standard InChI is InChI=1S/C12H18F3N3O/c1-2-3-4-7-18(8-9-19)11-16-6-5-10(17-11)12(13,14)15/h5-6,19H,2-4,7-9H2,1H3. The van der Waals surface area contributed by atoms with Crippen molar-refractivity contribution in [1.82, 2.24) is 9.97 Å². The molecule has 0 unspecified atom stereocenters. The van der Waals surface area contributed by atoms with Crippen LogP contribution in [-0.2, 0) is 6.18 Å². The molecular weight excluding hydrogens is 259 g/mol. The summed E-state index contributed by atoms with van der Waals surface area (Å²) in [5, 5.41) is 8.96. The van der Waals surface area contributed by atoms with Gasteiger partial charge in [0.1, 0.15) is 5.69 Å². The third-order valence-corrected chi connectivity index (χ3v) is 2.62. The number of hydrogen-bond acceptors (Lipinski definition) is 4. The van der Waals surface area contributed by atoms with Gasteiger partial charge in [0.25, 0.3) is 0 Å². The Morgan fingerprint density at radius 2 is 2.00 bits per heavy atom. The van der Waals surface area contributed by atoms with Gasteiger partial charge in [-0.05, 0) is 12.5 Å². The van der Waals surface area contributed by atoms with Gasteiger partial charge in [-0.3, -0.25) is 0 Å². The van der Waals surface area contributed by atoms with Gasteiger partial charge in [0.2, 0.25) is 5.95 Å². The fourth-order valence-electron chi connectivity index (χ4n) is 1.64. The highest BCUT2D eigenvalue weighted by molar-refractivity contribution is 5.30. The van der Waals surface area contributed by atoms with Gasteiger partial charge < -0.3 is 10.0 Å². The normalized spacial score (nSPS) is 11.6. The van der Waals surface area contributed by atoms with Crippen molar-refractivity contribution in [3.63, 3.8) is 0 Å². The molecule has 1 heterocycles. The molecule has 0 aliphatic heterocycles. The minimum Gasteiger partial charge on any atom is -0.395 e. The van der Waals surface area contributed by atoms with Crippen molar-refractivity contribution >= 4 is 5.95 Å². The summed E-state index contributed by atoms with van der Waals surface area (Å²) in [4.78, 5) is 8.95. The van der Waals surface area contributed by atoms with E-state index in [1.807, 2.05) is 6.92 Å². The number of rotatable bonds is 7. The smallest absolute Gasteiger partial charge is 0.395 e. The Balaban J connectivity index is 2.83. The lowest BCUT2D eigenvalue weighted by Gasteiger charge is -2.22. The van der Waals surface area contributed by atoms with E-state index in [1.165, 1.54) is 0 Å². The maximum atomic E-state index is 12.6. The molecule has 19 heavy (non-hydrogen) atoms. The first kappa shape index (κ1) is 15.7. The number of aliphatic hydroxyl groups is 1. The third-order valence-electron chi connectivity index (χ3n) is 2.62. The lowest BCUT2D eigenvalue weighted by atomic mass is 10.2. The highest BCUT2D eigenvalue weighted by Gasteiger charge is 2.33. The zero-order chi connectivity index (χ0) is 14.3. The molecule has 1 aromatic heterocycles. The summed E-state index contributed by atoms with van der Waals surface area (Å²) in [5.41, 5.74) is -0.962. The molecule has 0 fully saturated rings. The molecular formula is C12H18F3N3O. The fourth-order valence-corrected chi connectivity index (χ4v) is 1.64. The summed E-state index contributed by atoms with van der Waals surface area (Å²) in [6.07, 6.45) is -0.575. The van der Waals surface area contributed by atoms with Crippen molar-refractivity contribution < 1.29 is 18.3 Å². The monoisotopic (exact) mass is 277 g/mol. The van der Waals surface area contributed by atoms with Crippen LogP contribution in [0.4, 0.5) is 19.1 Å². The van der Waals surface area contributed by atoms with Crippen LogP contribution in [0.15, 0.2) is 12.3 Å². The zero-order valence-electron chi connectivity index (χ0n) is 10.8. The van der Waals surface area contributed by atoms with Crippen molar-refractivity contribution in [2.45, 2.75) is 32.4 Å². The molecule has 0 saturated carbocycles. The minimum absolute atomic E-state index is 0.0139. The molecule has 1 rings (SSSR count). The van der Waals surface area contributed by atoms with E-state index >= 15 is 0 Å². The molecule has 0 spiro atoms. The fraction of sp³-hybridized carbons (Fsp3) is 0.667. The second kappa shape index (κ2) is 7.28. The topological polar surface area (TPSA) is 49.2 Å². The van der Waals surface area contributed by atoms with Crippen LogP contribution in [0.5, 0.6) is 0 Å². The lowest BCUT2D eigenvalue weighted by Crippen LogP contribution is -2.30. The van der Waals surface area contributed by atoms with E-state index in [0.717, 1.165) is 31.5 Å². The highest BCUT2D eigenvalue weighted by Crippen LogP contribution is 2.28. The van der Waals surface area contributed by atoms with Crippen molar-refractivity contribution in [3.05, 3.63) is 18.0 Å². The Kier molecular flexibility index (Phi) is 6.01. The summed E-state index contributed by atoms with van der Waals surface area (Å²) in [6.45, 7) is 2.66. The number of nitrogens with zero attached hydrogens (tertiary/aromatic N) is 3. The molecule has 0 aliphatic rings. The van der Waals surface area contributed by atoms with Gasteiger partial charge in [0, 0.05) is 19.3 Å². The maximum absolute atomic E-state index is 12.6. The predicted molar refractivity (Wildman–Crippen MR) is 65.9 cm³/mol. The molecule has 0 atom stereocenters. The van der Waals surface area contributed by atoms with Gasteiger partial charge in [-0.25, -0.2) is 9.97 Å². The van der Waals surface area contributed by atoms with Crippen LogP contribution >= 0.6 is 0 Å². The maximum Gasteiger partial charge on any atom is 0.433 e. The van der Waals surface area contributed by atoms with Gasteiger partial charge in [0.05, 0.1) is 6.61 Å². The Labute approximate surface area is 110 Å². The van der Waals surface area contributed by atoms with E-state index < -0.39 is 11.9 Å². The van der Waals surface area contributed by atoms with E-state index in [4.69, 9.17) is 5.11 Å². The first-order chi connectivity index (χ1) is 8.99. The van der Waals surface area contributed by atoms with E-state index in [0.29, 0.717) is 6.54 Å². The summed E-state index contributed by atoms with van der Waals surface area (Å²) >= 11 is 0. The Morgan fingerprint density at radius 3 is 2.58 bits per heavy atom. The van der Waals surface area contributed by atoms with Crippen LogP contribution in [0.25, 0.3) is 0 Å². The number of unbranched alkanes of at least 4 members (excludes halogenated alkanes) is 2. The van der Waals surface area contributed by atoms with Crippen molar-refractivity contribution in [2.24, 2.45) is 0 Å². The molecule has 7 heteroatoms. The Bertz CT molecular complexity index is 385. The van der Waals surface area contributed by atoms with Crippen LogP contribution in [0.2, 0.25) is 0 Å². The largest absolute Gasteiger partial charge is 0.433 e. The van der Waals surface area contributed by atoms with E-state index in [9.17, 15) is 13.2 Å². The van der Waals surface area contributed by atoms with Crippen LogP contribution in [0.1, 0.15) is 31.9 Å². The SMILES string of the molecule is CCCCCN(CCO)c1nccc(C(F)(F)F)n1. The molecule has 1 aromatic rings. The van der Waals surface area contributed by atoms with Crippen molar-refractivity contribution in [2.75, 3.05) is 24.6 Å². The molecule has 0 radical (unpaired) electrons. The molecule has 4 nitrogen and oxygen atoms in total.